The van der Waals surface area contributed by atoms with Crippen LogP contribution in [-0.4, -0.2) is 28.9 Å². The SMILES string of the molecule is NC(=O)c1ccccc1NC(=O)Cc1csc(NC(=O)NC2CCCC2)n1. The van der Waals surface area contributed by atoms with E-state index < -0.39 is 5.91 Å². The molecular formula is C18H21N5O3S. The molecule has 0 atom stereocenters. The molecule has 8 nitrogen and oxygen atoms in total. The van der Waals surface area contributed by atoms with E-state index in [9.17, 15) is 14.4 Å². The van der Waals surface area contributed by atoms with E-state index in [1.165, 1.54) is 11.3 Å². The molecule has 27 heavy (non-hydrogen) atoms. The van der Waals surface area contributed by atoms with Crippen LogP contribution >= 0.6 is 11.3 Å². The van der Waals surface area contributed by atoms with Crippen LogP contribution in [-0.2, 0) is 11.2 Å². The van der Waals surface area contributed by atoms with Gasteiger partial charge in [0.2, 0.25) is 5.91 Å². The lowest BCUT2D eigenvalue weighted by molar-refractivity contribution is -0.115. The molecule has 0 unspecified atom stereocenters. The zero-order chi connectivity index (χ0) is 19.2. The van der Waals surface area contributed by atoms with Gasteiger partial charge in [0.25, 0.3) is 5.91 Å². The van der Waals surface area contributed by atoms with E-state index in [-0.39, 0.29) is 30.0 Å². The lowest BCUT2D eigenvalue weighted by Gasteiger charge is -2.11. The first kappa shape index (κ1) is 18.8. The van der Waals surface area contributed by atoms with Crippen molar-refractivity contribution in [2.24, 2.45) is 5.73 Å². The van der Waals surface area contributed by atoms with E-state index in [1.54, 1.807) is 29.6 Å². The molecular weight excluding hydrogens is 366 g/mol. The molecule has 3 rings (SSSR count). The number of hydrogen-bond acceptors (Lipinski definition) is 5. The van der Waals surface area contributed by atoms with Gasteiger partial charge in [-0.05, 0) is 25.0 Å². The molecule has 0 radical (unpaired) electrons. The summed E-state index contributed by atoms with van der Waals surface area (Å²) in [5.41, 5.74) is 6.44. The number of nitrogens with zero attached hydrogens (tertiary/aromatic N) is 1. The van der Waals surface area contributed by atoms with Gasteiger partial charge < -0.3 is 16.4 Å². The number of hydrogen-bond donors (Lipinski definition) is 4. The number of carbonyl (C=O) groups is 3. The van der Waals surface area contributed by atoms with Crippen LogP contribution in [0.25, 0.3) is 0 Å². The molecule has 9 heteroatoms. The summed E-state index contributed by atoms with van der Waals surface area (Å²) < 4.78 is 0. The van der Waals surface area contributed by atoms with Gasteiger partial charge >= 0.3 is 6.03 Å². The van der Waals surface area contributed by atoms with Crippen molar-refractivity contribution in [3.05, 3.63) is 40.9 Å². The minimum atomic E-state index is -0.612. The summed E-state index contributed by atoms with van der Waals surface area (Å²) >= 11 is 1.25. The number of anilines is 2. The standard InChI is InChI=1S/C18H21N5O3S/c19-16(25)13-7-3-4-8-14(13)22-15(24)9-12-10-27-18(21-12)23-17(26)20-11-5-1-2-6-11/h3-4,7-8,10-11H,1-2,5-6,9H2,(H2,19,25)(H,22,24)(H2,20,21,23,26). The van der Waals surface area contributed by atoms with Gasteiger partial charge in [-0.15, -0.1) is 11.3 Å². The minimum absolute atomic E-state index is 0.0233. The number of para-hydroxylation sites is 1. The highest BCUT2D eigenvalue weighted by molar-refractivity contribution is 7.13. The predicted octanol–water partition coefficient (Wildman–Crippen LogP) is 2.49. The molecule has 0 spiro atoms. The van der Waals surface area contributed by atoms with Crippen LogP contribution < -0.4 is 21.7 Å². The number of amides is 4. The zero-order valence-corrected chi connectivity index (χ0v) is 15.5. The lowest BCUT2D eigenvalue weighted by Crippen LogP contribution is -2.36. The van der Waals surface area contributed by atoms with Gasteiger partial charge in [0.15, 0.2) is 5.13 Å². The van der Waals surface area contributed by atoms with Gasteiger partial charge in [-0.3, -0.25) is 14.9 Å². The Balaban J connectivity index is 1.53. The van der Waals surface area contributed by atoms with Crippen molar-refractivity contribution >= 4 is 40.0 Å². The summed E-state index contributed by atoms with van der Waals surface area (Å²) in [4.78, 5) is 39.8. The second kappa shape index (κ2) is 8.63. The highest BCUT2D eigenvalue weighted by Gasteiger charge is 2.18. The van der Waals surface area contributed by atoms with Crippen LogP contribution in [0.4, 0.5) is 15.6 Å². The van der Waals surface area contributed by atoms with Crippen molar-refractivity contribution < 1.29 is 14.4 Å². The Morgan fingerprint density at radius 1 is 1.15 bits per heavy atom. The Bertz CT molecular complexity index is 845. The number of benzene rings is 1. The molecule has 1 saturated carbocycles. The molecule has 0 saturated heterocycles. The van der Waals surface area contributed by atoms with Crippen LogP contribution in [0.15, 0.2) is 29.6 Å². The van der Waals surface area contributed by atoms with E-state index in [0.29, 0.717) is 16.5 Å². The highest BCUT2D eigenvalue weighted by atomic mass is 32.1. The monoisotopic (exact) mass is 387 g/mol. The van der Waals surface area contributed by atoms with E-state index in [1.807, 2.05) is 0 Å². The van der Waals surface area contributed by atoms with Crippen LogP contribution in [0, 0.1) is 0 Å². The second-order valence-electron chi connectivity index (χ2n) is 6.36. The maximum atomic E-state index is 12.2. The summed E-state index contributed by atoms with van der Waals surface area (Å²) in [6.45, 7) is 0. The summed E-state index contributed by atoms with van der Waals surface area (Å²) in [6.07, 6.45) is 4.31. The maximum Gasteiger partial charge on any atom is 0.321 e. The van der Waals surface area contributed by atoms with Gasteiger partial charge in [-0.1, -0.05) is 25.0 Å². The van der Waals surface area contributed by atoms with Gasteiger partial charge in [0.05, 0.1) is 23.4 Å². The predicted molar refractivity (Wildman–Crippen MR) is 104 cm³/mol. The first-order chi connectivity index (χ1) is 13.0. The molecule has 0 aliphatic heterocycles. The number of nitrogens with two attached hydrogens (primary N) is 1. The van der Waals surface area contributed by atoms with Crippen LogP contribution in [0.5, 0.6) is 0 Å². The Morgan fingerprint density at radius 3 is 2.63 bits per heavy atom. The summed E-state index contributed by atoms with van der Waals surface area (Å²) in [6, 6.07) is 6.48. The molecule has 1 aromatic carbocycles. The van der Waals surface area contributed by atoms with Crippen molar-refractivity contribution in [1.29, 1.82) is 0 Å². The average molecular weight is 387 g/mol. The molecule has 1 aliphatic rings. The smallest absolute Gasteiger partial charge is 0.321 e. The maximum absolute atomic E-state index is 12.2. The minimum Gasteiger partial charge on any atom is -0.366 e. The molecule has 1 aliphatic carbocycles. The van der Waals surface area contributed by atoms with E-state index >= 15 is 0 Å². The molecule has 0 bridgehead atoms. The van der Waals surface area contributed by atoms with Gasteiger partial charge in [-0.2, -0.15) is 0 Å². The second-order valence-corrected chi connectivity index (χ2v) is 7.22. The van der Waals surface area contributed by atoms with Gasteiger partial charge in [0, 0.05) is 11.4 Å². The molecule has 1 aromatic heterocycles. The first-order valence-corrected chi connectivity index (χ1v) is 9.60. The van der Waals surface area contributed by atoms with Crippen molar-refractivity contribution in [2.45, 2.75) is 38.1 Å². The lowest BCUT2D eigenvalue weighted by atomic mass is 10.1. The fourth-order valence-electron chi connectivity index (χ4n) is 3.00. The molecule has 1 heterocycles. The summed E-state index contributed by atoms with van der Waals surface area (Å²) in [5, 5.41) is 10.4. The largest absolute Gasteiger partial charge is 0.366 e. The normalized spacial score (nSPS) is 13.9. The quantitative estimate of drug-likeness (QED) is 0.607. The third-order valence-corrected chi connectivity index (χ3v) is 5.08. The Kier molecular flexibility index (Phi) is 6.02. The first-order valence-electron chi connectivity index (χ1n) is 8.72. The topological polar surface area (TPSA) is 126 Å². The molecule has 5 N–H and O–H groups in total. The van der Waals surface area contributed by atoms with Crippen LogP contribution in [0.2, 0.25) is 0 Å². The van der Waals surface area contributed by atoms with Crippen molar-refractivity contribution in [3.8, 4) is 0 Å². The number of aromatic nitrogens is 1. The van der Waals surface area contributed by atoms with Crippen LogP contribution in [0.1, 0.15) is 41.7 Å². The van der Waals surface area contributed by atoms with Gasteiger partial charge in [-0.25, -0.2) is 9.78 Å². The van der Waals surface area contributed by atoms with Crippen molar-refractivity contribution in [1.82, 2.24) is 10.3 Å². The fourth-order valence-corrected chi connectivity index (χ4v) is 3.71. The third kappa shape index (κ3) is 5.27. The van der Waals surface area contributed by atoms with Crippen molar-refractivity contribution in [2.75, 3.05) is 10.6 Å². The number of primary amides is 1. The number of nitrogens with one attached hydrogen (secondary N) is 3. The molecule has 2 aromatic rings. The molecule has 142 valence electrons. The van der Waals surface area contributed by atoms with E-state index in [0.717, 1.165) is 25.7 Å². The highest BCUT2D eigenvalue weighted by Crippen LogP contribution is 2.20. The van der Waals surface area contributed by atoms with Crippen LogP contribution in [0.3, 0.4) is 0 Å². The summed E-state index contributed by atoms with van der Waals surface area (Å²) in [5.74, 6) is -0.935. The average Bonchev–Trinajstić information content (AvgIpc) is 3.27. The Morgan fingerprint density at radius 2 is 1.89 bits per heavy atom. The number of thiazole rings is 1. The third-order valence-electron chi connectivity index (χ3n) is 4.27. The number of urea groups is 1. The zero-order valence-electron chi connectivity index (χ0n) is 14.7. The summed E-state index contributed by atoms with van der Waals surface area (Å²) in [7, 11) is 0. The fraction of sp³-hybridized carbons (Fsp3) is 0.333. The van der Waals surface area contributed by atoms with Crippen molar-refractivity contribution in [3.63, 3.8) is 0 Å². The molecule has 4 amide bonds. The number of carbonyl (C=O) groups excluding carboxylic acids is 3. The van der Waals surface area contributed by atoms with E-state index in [2.05, 4.69) is 20.9 Å². The molecule has 1 fully saturated rings. The Hall–Kier alpha value is -2.94. The van der Waals surface area contributed by atoms with E-state index in [4.69, 9.17) is 5.73 Å². The van der Waals surface area contributed by atoms with Gasteiger partial charge in [0.1, 0.15) is 0 Å². The number of rotatable bonds is 6. The Labute approximate surface area is 160 Å².